The molecule has 1 aliphatic carbocycles. The minimum Gasteiger partial charge on any atom is -0.395 e. The quantitative estimate of drug-likeness (QED) is 0.877. The molecule has 3 nitrogen and oxygen atoms in total. The van der Waals surface area contributed by atoms with Crippen LogP contribution in [0.25, 0.3) is 0 Å². The number of halogens is 2. The lowest BCUT2D eigenvalue weighted by atomic mass is 10.2. The highest BCUT2D eigenvalue weighted by atomic mass is 19.3. The summed E-state index contributed by atoms with van der Waals surface area (Å²) < 4.78 is 34.2. The lowest BCUT2D eigenvalue weighted by Gasteiger charge is -2.06. The van der Waals surface area contributed by atoms with Gasteiger partial charge in [-0.25, -0.2) is 0 Å². The molecule has 92 valence electrons. The van der Waals surface area contributed by atoms with E-state index < -0.39 is 6.29 Å². The molecule has 0 saturated heterocycles. The Morgan fingerprint density at radius 1 is 1.24 bits per heavy atom. The van der Waals surface area contributed by atoms with E-state index in [4.69, 9.17) is 0 Å². The predicted octanol–water partition coefficient (Wildman–Crippen LogP) is 3.22. The standard InChI is InChI=1S/C12H13F2NO2/c13-12(14)16-10-4-3-9(7-11(10)17-12)15-6-5-8-1-2-8/h3-4,7-8,15H,1-2,5-6H2. The Hall–Kier alpha value is -1.52. The minimum absolute atomic E-state index is 0.0859. The monoisotopic (exact) mass is 241 g/mol. The van der Waals surface area contributed by atoms with Gasteiger partial charge in [0.05, 0.1) is 0 Å². The lowest BCUT2D eigenvalue weighted by molar-refractivity contribution is -0.286. The Labute approximate surface area is 97.7 Å². The highest BCUT2D eigenvalue weighted by Gasteiger charge is 2.43. The molecule has 1 saturated carbocycles. The highest BCUT2D eigenvalue weighted by Crippen LogP contribution is 2.42. The van der Waals surface area contributed by atoms with Gasteiger partial charge in [0.25, 0.3) is 0 Å². The van der Waals surface area contributed by atoms with E-state index in [9.17, 15) is 8.78 Å². The van der Waals surface area contributed by atoms with Crippen molar-refractivity contribution >= 4 is 5.69 Å². The summed E-state index contributed by atoms with van der Waals surface area (Å²) in [6, 6.07) is 4.76. The molecule has 1 N–H and O–H groups in total. The maximum Gasteiger partial charge on any atom is 0.586 e. The van der Waals surface area contributed by atoms with Gasteiger partial charge < -0.3 is 14.8 Å². The Bertz CT molecular complexity index is 433. The van der Waals surface area contributed by atoms with Crippen molar-refractivity contribution in [3.05, 3.63) is 18.2 Å². The van der Waals surface area contributed by atoms with Crippen LogP contribution in [0.2, 0.25) is 0 Å². The van der Waals surface area contributed by atoms with Crippen LogP contribution in [0.1, 0.15) is 19.3 Å². The van der Waals surface area contributed by atoms with Crippen LogP contribution in [0.3, 0.4) is 0 Å². The number of benzene rings is 1. The van der Waals surface area contributed by atoms with Gasteiger partial charge in [-0.1, -0.05) is 12.8 Å². The van der Waals surface area contributed by atoms with Gasteiger partial charge in [-0.3, -0.25) is 0 Å². The first-order valence-corrected chi connectivity index (χ1v) is 5.76. The van der Waals surface area contributed by atoms with Crippen molar-refractivity contribution in [3.63, 3.8) is 0 Å². The van der Waals surface area contributed by atoms with Crippen LogP contribution in [0, 0.1) is 5.92 Å². The summed E-state index contributed by atoms with van der Waals surface area (Å²) in [7, 11) is 0. The van der Waals surface area contributed by atoms with Crippen molar-refractivity contribution < 1.29 is 18.3 Å². The summed E-state index contributed by atoms with van der Waals surface area (Å²) in [6.45, 7) is 0.862. The number of hydrogen-bond acceptors (Lipinski definition) is 3. The average molecular weight is 241 g/mol. The van der Waals surface area contributed by atoms with Gasteiger partial charge in [-0.15, -0.1) is 8.78 Å². The van der Waals surface area contributed by atoms with Crippen LogP contribution < -0.4 is 14.8 Å². The molecule has 1 heterocycles. The smallest absolute Gasteiger partial charge is 0.395 e. The van der Waals surface area contributed by atoms with E-state index in [-0.39, 0.29) is 11.5 Å². The molecule has 17 heavy (non-hydrogen) atoms. The number of fused-ring (bicyclic) bond motifs is 1. The second-order valence-corrected chi connectivity index (χ2v) is 4.49. The Balaban J connectivity index is 1.63. The van der Waals surface area contributed by atoms with Gasteiger partial charge >= 0.3 is 6.29 Å². The summed E-state index contributed by atoms with van der Waals surface area (Å²) in [5.41, 5.74) is 0.783. The fourth-order valence-electron chi connectivity index (χ4n) is 1.89. The maximum absolute atomic E-state index is 12.8. The molecule has 1 fully saturated rings. The lowest BCUT2D eigenvalue weighted by Crippen LogP contribution is -2.25. The predicted molar refractivity (Wildman–Crippen MR) is 58.5 cm³/mol. The third-order valence-corrected chi connectivity index (χ3v) is 2.98. The van der Waals surface area contributed by atoms with E-state index in [0.29, 0.717) is 0 Å². The van der Waals surface area contributed by atoms with Crippen LogP contribution in [0.15, 0.2) is 18.2 Å². The van der Waals surface area contributed by atoms with Gasteiger partial charge in [0.2, 0.25) is 0 Å². The van der Waals surface area contributed by atoms with Gasteiger partial charge in [-0.2, -0.15) is 0 Å². The van der Waals surface area contributed by atoms with Crippen molar-refractivity contribution in [1.82, 2.24) is 0 Å². The van der Waals surface area contributed by atoms with E-state index in [1.54, 1.807) is 12.1 Å². The maximum atomic E-state index is 12.8. The number of alkyl halides is 2. The van der Waals surface area contributed by atoms with Gasteiger partial charge in [-0.05, 0) is 24.5 Å². The van der Waals surface area contributed by atoms with Crippen LogP contribution in [-0.4, -0.2) is 12.8 Å². The van der Waals surface area contributed by atoms with Crippen molar-refractivity contribution in [2.45, 2.75) is 25.6 Å². The molecular formula is C12H13F2NO2. The van der Waals surface area contributed by atoms with E-state index in [2.05, 4.69) is 14.8 Å². The first kappa shape index (κ1) is 10.6. The van der Waals surface area contributed by atoms with E-state index >= 15 is 0 Å². The van der Waals surface area contributed by atoms with Crippen molar-refractivity contribution in [3.8, 4) is 11.5 Å². The molecular weight excluding hydrogens is 228 g/mol. The molecule has 1 aliphatic heterocycles. The molecule has 0 atom stereocenters. The summed E-state index contributed by atoms with van der Waals surface area (Å²) in [5, 5.41) is 3.19. The molecule has 0 bridgehead atoms. The van der Waals surface area contributed by atoms with Crippen molar-refractivity contribution in [2.75, 3.05) is 11.9 Å². The Morgan fingerprint density at radius 2 is 2.00 bits per heavy atom. The second kappa shape index (κ2) is 3.75. The fourth-order valence-corrected chi connectivity index (χ4v) is 1.89. The zero-order valence-corrected chi connectivity index (χ0v) is 9.21. The first-order valence-electron chi connectivity index (χ1n) is 5.76. The third kappa shape index (κ3) is 2.43. The fraction of sp³-hybridized carbons (Fsp3) is 0.500. The molecule has 0 spiro atoms. The minimum atomic E-state index is -3.53. The number of anilines is 1. The van der Waals surface area contributed by atoms with E-state index in [0.717, 1.165) is 24.6 Å². The molecule has 0 radical (unpaired) electrons. The van der Waals surface area contributed by atoms with Crippen molar-refractivity contribution in [1.29, 1.82) is 0 Å². The molecule has 0 aromatic heterocycles. The van der Waals surface area contributed by atoms with Crippen LogP contribution in [-0.2, 0) is 0 Å². The molecule has 3 rings (SSSR count). The molecule has 0 unspecified atom stereocenters. The van der Waals surface area contributed by atoms with Crippen LogP contribution in [0.5, 0.6) is 11.5 Å². The summed E-state index contributed by atoms with van der Waals surface area (Å²) in [4.78, 5) is 0. The normalized spacial score (nSPS) is 20.4. The van der Waals surface area contributed by atoms with E-state index in [1.165, 1.54) is 18.9 Å². The zero-order chi connectivity index (χ0) is 11.9. The SMILES string of the molecule is FC1(F)Oc2ccc(NCCC3CC3)cc2O1. The summed E-state index contributed by atoms with van der Waals surface area (Å²) in [6.07, 6.45) is 0.226. The summed E-state index contributed by atoms with van der Waals surface area (Å²) >= 11 is 0. The Kier molecular flexibility index (Phi) is 2.34. The zero-order valence-electron chi connectivity index (χ0n) is 9.21. The number of nitrogens with one attached hydrogen (secondary N) is 1. The number of ether oxygens (including phenoxy) is 2. The number of rotatable bonds is 4. The molecule has 2 aliphatic rings. The van der Waals surface area contributed by atoms with E-state index in [1.807, 2.05) is 0 Å². The number of hydrogen-bond donors (Lipinski definition) is 1. The van der Waals surface area contributed by atoms with Crippen LogP contribution >= 0.6 is 0 Å². The topological polar surface area (TPSA) is 30.5 Å². The largest absolute Gasteiger partial charge is 0.586 e. The molecule has 0 amide bonds. The molecule has 1 aromatic rings. The third-order valence-electron chi connectivity index (χ3n) is 2.98. The van der Waals surface area contributed by atoms with Gasteiger partial charge in [0.1, 0.15) is 0 Å². The van der Waals surface area contributed by atoms with Crippen molar-refractivity contribution in [2.24, 2.45) is 5.92 Å². The second-order valence-electron chi connectivity index (χ2n) is 4.49. The molecule has 5 heteroatoms. The summed E-state index contributed by atoms with van der Waals surface area (Å²) in [5.74, 6) is 1.02. The first-order chi connectivity index (χ1) is 8.12. The highest BCUT2D eigenvalue weighted by molar-refractivity contribution is 5.55. The van der Waals surface area contributed by atoms with Gasteiger partial charge in [0.15, 0.2) is 11.5 Å². The molecule has 1 aromatic carbocycles. The van der Waals surface area contributed by atoms with Gasteiger partial charge in [0, 0.05) is 18.3 Å². The van der Waals surface area contributed by atoms with Crippen LogP contribution in [0.4, 0.5) is 14.5 Å². The average Bonchev–Trinajstić information content (AvgIpc) is 3.00. The Morgan fingerprint density at radius 3 is 2.76 bits per heavy atom.